The maximum atomic E-state index is 13.9. The zero-order valence-corrected chi connectivity index (χ0v) is 21.1. The number of carbonyl (C=O) groups is 3. The largest absolute Gasteiger partial charge is 0.466 e. The van der Waals surface area contributed by atoms with Crippen molar-refractivity contribution in [2.75, 3.05) is 18.5 Å². The van der Waals surface area contributed by atoms with Crippen LogP contribution < -0.4 is 5.32 Å². The van der Waals surface area contributed by atoms with Crippen molar-refractivity contribution in [2.45, 2.75) is 60.0 Å². The fraction of sp³-hybridized carbons (Fsp3) is 0.593. The molecule has 7 nitrogen and oxygen atoms in total. The molecule has 34 heavy (non-hydrogen) atoms. The molecule has 1 aliphatic heterocycles. The molecule has 7 heteroatoms. The Hall–Kier alpha value is -2.67. The lowest BCUT2D eigenvalue weighted by Crippen LogP contribution is -2.51. The number of amides is 2. The molecule has 0 radical (unpaired) electrons. The number of anilines is 1. The van der Waals surface area contributed by atoms with E-state index in [2.05, 4.69) is 5.32 Å². The van der Waals surface area contributed by atoms with E-state index in [1.54, 1.807) is 11.8 Å². The van der Waals surface area contributed by atoms with Gasteiger partial charge < -0.3 is 20.1 Å². The van der Waals surface area contributed by atoms with Crippen molar-refractivity contribution in [3.8, 4) is 0 Å². The van der Waals surface area contributed by atoms with Crippen LogP contribution in [0.4, 0.5) is 5.69 Å². The molecule has 3 rings (SSSR count). The van der Waals surface area contributed by atoms with E-state index in [9.17, 15) is 19.5 Å². The molecule has 1 saturated heterocycles. The maximum Gasteiger partial charge on any atom is 0.310 e. The molecule has 186 valence electrons. The molecule has 0 spiro atoms. The molecule has 1 aliphatic carbocycles. The number of allylic oxidation sites excluding steroid dienone is 1. The molecule has 0 saturated carbocycles. The van der Waals surface area contributed by atoms with Gasteiger partial charge in [0.2, 0.25) is 11.8 Å². The first kappa shape index (κ1) is 25.9. The minimum Gasteiger partial charge on any atom is -0.466 e. The number of nitrogens with zero attached hydrogens (tertiary/aromatic N) is 1. The normalized spacial score (nSPS) is 27.0. The minimum atomic E-state index is -0.826. The number of hydrogen-bond donors (Lipinski definition) is 2. The standard InChI is InChI=1S/C27H38N2O5/c1-7-34-27(33)21-16(4)11-12-20-22(21)26(32)29(19(14-30)13-15(2)3)24(20)25(31)28-23-17(5)9-8-10-18(23)6/h8-12,15-16,19-22,24,30H,7,13-14H2,1-6H3,(H,28,31)/t16-,19-,20+,21-,22-,24+/m1/s1. The number of esters is 1. The van der Waals surface area contributed by atoms with Gasteiger partial charge in [-0.05, 0) is 50.2 Å². The van der Waals surface area contributed by atoms with Crippen molar-refractivity contribution < 1.29 is 24.2 Å². The van der Waals surface area contributed by atoms with Gasteiger partial charge in [0.15, 0.2) is 0 Å². The first-order valence-corrected chi connectivity index (χ1v) is 12.3. The van der Waals surface area contributed by atoms with Gasteiger partial charge in [-0.25, -0.2) is 0 Å². The number of aliphatic hydroxyl groups is 1. The van der Waals surface area contributed by atoms with Crippen molar-refractivity contribution in [3.05, 3.63) is 41.5 Å². The van der Waals surface area contributed by atoms with Gasteiger partial charge in [-0.1, -0.05) is 51.1 Å². The molecule has 1 heterocycles. The zero-order chi connectivity index (χ0) is 25.2. The minimum absolute atomic E-state index is 0.191. The molecule has 1 aromatic rings. The predicted octanol–water partition coefficient (Wildman–Crippen LogP) is 3.48. The van der Waals surface area contributed by atoms with Crippen molar-refractivity contribution in [2.24, 2.45) is 29.6 Å². The lowest BCUT2D eigenvalue weighted by molar-refractivity contribution is -0.156. The summed E-state index contributed by atoms with van der Waals surface area (Å²) in [6.45, 7) is 11.5. The molecule has 2 aliphatic rings. The molecule has 1 fully saturated rings. The van der Waals surface area contributed by atoms with Crippen molar-refractivity contribution in [1.29, 1.82) is 0 Å². The summed E-state index contributed by atoms with van der Waals surface area (Å²) in [6.07, 6.45) is 4.37. The number of ether oxygens (including phenoxy) is 1. The van der Waals surface area contributed by atoms with Crippen LogP contribution in [0, 0.1) is 43.4 Å². The summed E-state index contributed by atoms with van der Waals surface area (Å²) in [6, 6.07) is 4.45. The molecule has 0 aromatic heterocycles. The van der Waals surface area contributed by atoms with Crippen LogP contribution in [0.1, 0.15) is 45.2 Å². The quantitative estimate of drug-likeness (QED) is 0.448. The average molecular weight is 471 g/mol. The Kier molecular flexibility index (Phi) is 8.18. The van der Waals surface area contributed by atoms with Crippen LogP contribution in [0.15, 0.2) is 30.4 Å². The average Bonchev–Trinajstić information content (AvgIpc) is 3.07. The summed E-state index contributed by atoms with van der Waals surface area (Å²) in [4.78, 5) is 42.1. The Bertz CT molecular complexity index is 936. The summed E-state index contributed by atoms with van der Waals surface area (Å²) in [5.74, 6) is -2.81. The second-order valence-electron chi connectivity index (χ2n) is 10.0. The summed E-state index contributed by atoms with van der Waals surface area (Å²) in [7, 11) is 0. The highest BCUT2D eigenvalue weighted by Crippen LogP contribution is 2.45. The highest BCUT2D eigenvalue weighted by atomic mass is 16.5. The Morgan fingerprint density at radius 3 is 2.38 bits per heavy atom. The third kappa shape index (κ3) is 4.90. The summed E-state index contributed by atoms with van der Waals surface area (Å²) in [5, 5.41) is 13.3. The van der Waals surface area contributed by atoms with Gasteiger partial charge in [0.1, 0.15) is 6.04 Å². The third-order valence-corrected chi connectivity index (χ3v) is 7.11. The molecular formula is C27H38N2O5. The van der Waals surface area contributed by atoms with E-state index in [1.165, 1.54) is 0 Å². The van der Waals surface area contributed by atoms with Gasteiger partial charge in [-0.3, -0.25) is 14.4 Å². The van der Waals surface area contributed by atoms with Crippen LogP contribution in [0.3, 0.4) is 0 Å². The Morgan fingerprint density at radius 2 is 1.82 bits per heavy atom. The van der Waals surface area contributed by atoms with E-state index >= 15 is 0 Å². The molecule has 6 atom stereocenters. The van der Waals surface area contributed by atoms with Gasteiger partial charge in [-0.15, -0.1) is 0 Å². The zero-order valence-electron chi connectivity index (χ0n) is 21.1. The van der Waals surface area contributed by atoms with E-state index in [0.29, 0.717) is 6.42 Å². The van der Waals surface area contributed by atoms with Crippen molar-refractivity contribution in [3.63, 3.8) is 0 Å². The number of para-hydroxylation sites is 1. The van der Waals surface area contributed by atoms with Gasteiger partial charge in [0, 0.05) is 11.6 Å². The fourth-order valence-electron chi connectivity index (χ4n) is 5.56. The smallest absolute Gasteiger partial charge is 0.310 e. The SMILES string of the molecule is CCOC(=O)[C@H]1[C@@H]2C(=O)N([C@@H](CO)CC(C)C)[C@H](C(=O)Nc3c(C)cccc3C)[C@H]2C=C[C@H]1C. The number of likely N-dealkylation sites (tertiary alicyclic amines) is 1. The molecule has 0 unspecified atom stereocenters. The number of rotatable bonds is 8. The van der Waals surface area contributed by atoms with Crippen LogP contribution in [0.25, 0.3) is 0 Å². The second kappa shape index (κ2) is 10.7. The highest BCUT2D eigenvalue weighted by Gasteiger charge is 2.58. The van der Waals surface area contributed by atoms with Crippen molar-refractivity contribution >= 4 is 23.5 Å². The van der Waals surface area contributed by atoms with Crippen LogP contribution in [-0.2, 0) is 19.1 Å². The number of carbonyl (C=O) groups excluding carboxylic acids is 3. The number of fused-ring (bicyclic) bond motifs is 1. The third-order valence-electron chi connectivity index (χ3n) is 7.11. The van der Waals surface area contributed by atoms with E-state index < -0.39 is 35.8 Å². The number of benzene rings is 1. The van der Waals surface area contributed by atoms with Crippen LogP contribution >= 0.6 is 0 Å². The second-order valence-corrected chi connectivity index (χ2v) is 10.0. The summed E-state index contributed by atoms with van der Waals surface area (Å²) >= 11 is 0. The molecule has 2 N–H and O–H groups in total. The molecule has 0 bridgehead atoms. The van der Waals surface area contributed by atoms with E-state index in [-0.39, 0.29) is 36.9 Å². The summed E-state index contributed by atoms with van der Waals surface area (Å²) < 4.78 is 5.32. The van der Waals surface area contributed by atoms with Crippen LogP contribution in [0.2, 0.25) is 0 Å². The van der Waals surface area contributed by atoms with Crippen LogP contribution in [-0.4, -0.2) is 53.1 Å². The fourth-order valence-corrected chi connectivity index (χ4v) is 5.56. The Labute approximate surface area is 202 Å². The number of aryl methyl sites for hydroxylation is 2. The van der Waals surface area contributed by atoms with Gasteiger partial charge >= 0.3 is 5.97 Å². The molecule has 2 amide bonds. The van der Waals surface area contributed by atoms with Crippen molar-refractivity contribution in [1.82, 2.24) is 4.90 Å². The Balaban J connectivity index is 2.06. The Morgan fingerprint density at radius 1 is 1.18 bits per heavy atom. The van der Waals surface area contributed by atoms with Crippen LogP contribution in [0.5, 0.6) is 0 Å². The molecular weight excluding hydrogens is 432 g/mol. The number of nitrogens with one attached hydrogen (secondary N) is 1. The highest BCUT2D eigenvalue weighted by molar-refractivity contribution is 6.02. The van der Waals surface area contributed by atoms with E-state index in [4.69, 9.17) is 4.74 Å². The summed E-state index contributed by atoms with van der Waals surface area (Å²) in [5.41, 5.74) is 2.58. The molecule has 1 aromatic carbocycles. The topological polar surface area (TPSA) is 95.9 Å². The van der Waals surface area contributed by atoms with E-state index in [0.717, 1.165) is 16.8 Å². The van der Waals surface area contributed by atoms with Gasteiger partial charge in [0.25, 0.3) is 0 Å². The van der Waals surface area contributed by atoms with Gasteiger partial charge in [0.05, 0.1) is 31.1 Å². The maximum absolute atomic E-state index is 13.9. The number of hydrogen-bond acceptors (Lipinski definition) is 5. The lowest BCUT2D eigenvalue weighted by Gasteiger charge is -2.34. The number of aliphatic hydroxyl groups excluding tert-OH is 1. The lowest BCUT2D eigenvalue weighted by atomic mass is 9.70. The predicted molar refractivity (Wildman–Crippen MR) is 131 cm³/mol. The first-order chi connectivity index (χ1) is 16.1. The van der Waals surface area contributed by atoms with E-state index in [1.807, 2.05) is 65.0 Å². The van der Waals surface area contributed by atoms with Gasteiger partial charge in [-0.2, -0.15) is 0 Å². The first-order valence-electron chi connectivity index (χ1n) is 12.3. The monoisotopic (exact) mass is 470 g/mol.